The average molecular weight is 355 g/mol. The molecule has 3 rings (SSSR count). The maximum Gasteiger partial charge on any atom is 0.159 e. The number of hydrogen-bond acceptors (Lipinski definition) is 4. The number of nitrogens with one attached hydrogen (secondary N) is 1. The summed E-state index contributed by atoms with van der Waals surface area (Å²) in [6.45, 7) is 6.47. The Morgan fingerprint density at radius 1 is 1.12 bits per heavy atom. The normalized spacial score (nSPS) is 16.3. The number of para-hydroxylation sites is 1. The first kappa shape index (κ1) is 18.4. The minimum Gasteiger partial charge on any atom is -0.491 e. The number of ketones is 1. The number of ether oxygens (including phenoxy) is 1. The number of aliphatic hydroxyl groups excluding tert-OH is 1. The van der Waals surface area contributed by atoms with Gasteiger partial charge in [-0.25, -0.2) is 0 Å². The average Bonchev–Trinajstić information content (AvgIpc) is 2.68. The van der Waals surface area contributed by atoms with E-state index in [-0.39, 0.29) is 5.78 Å². The van der Waals surface area contributed by atoms with Crippen LogP contribution in [-0.2, 0) is 0 Å². The molecule has 0 radical (unpaired) electrons. The lowest BCUT2D eigenvalue weighted by Crippen LogP contribution is -3.16. The molecule has 0 bridgehead atoms. The van der Waals surface area contributed by atoms with Crippen molar-refractivity contribution in [3.8, 4) is 5.75 Å². The second-order valence-corrected chi connectivity index (χ2v) is 6.82. The number of hydrogen-bond donors (Lipinski definition) is 2. The van der Waals surface area contributed by atoms with Crippen LogP contribution in [-0.4, -0.2) is 56.3 Å². The molecule has 0 amide bonds. The molecule has 5 nitrogen and oxygen atoms in total. The van der Waals surface area contributed by atoms with Crippen molar-refractivity contribution in [2.45, 2.75) is 13.0 Å². The molecule has 5 heteroatoms. The Morgan fingerprint density at radius 2 is 1.77 bits per heavy atom. The van der Waals surface area contributed by atoms with E-state index in [4.69, 9.17) is 4.74 Å². The maximum atomic E-state index is 11.4. The smallest absolute Gasteiger partial charge is 0.159 e. The number of rotatable bonds is 7. The van der Waals surface area contributed by atoms with E-state index in [2.05, 4.69) is 4.90 Å². The van der Waals surface area contributed by atoms with Crippen LogP contribution >= 0.6 is 0 Å². The quantitative estimate of drug-likeness (QED) is 0.729. The Balaban J connectivity index is 1.42. The van der Waals surface area contributed by atoms with Gasteiger partial charge in [-0.1, -0.05) is 18.2 Å². The fraction of sp³-hybridized carbons (Fsp3) is 0.381. The molecular formula is C21H27N2O3+. The molecule has 2 aromatic rings. The third-order valence-electron chi connectivity index (χ3n) is 4.82. The van der Waals surface area contributed by atoms with Crippen molar-refractivity contribution in [2.24, 2.45) is 0 Å². The Hall–Kier alpha value is -2.37. The molecule has 2 N–H and O–H groups in total. The van der Waals surface area contributed by atoms with Gasteiger partial charge in [0.1, 0.15) is 25.0 Å². The molecular weight excluding hydrogens is 328 g/mol. The van der Waals surface area contributed by atoms with Crippen molar-refractivity contribution in [3.05, 3.63) is 60.2 Å². The minimum atomic E-state index is -0.466. The molecule has 1 heterocycles. The summed E-state index contributed by atoms with van der Waals surface area (Å²) in [7, 11) is 0. The molecule has 0 saturated carbocycles. The van der Waals surface area contributed by atoms with Gasteiger partial charge in [-0.2, -0.15) is 0 Å². The molecule has 1 atom stereocenters. The lowest BCUT2D eigenvalue weighted by Gasteiger charge is -2.34. The highest BCUT2D eigenvalue weighted by molar-refractivity contribution is 5.94. The number of carbonyl (C=O) groups is 1. The van der Waals surface area contributed by atoms with Crippen molar-refractivity contribution >= 4 is 11.5 Å². The van der Waals surface area contributed by atoms with E-state index in [1.54, 1.807) is 6.92 Å². The molecule has 26 heavy (non-hydrogen) atoms. The molecule has 1 saturated heterocycles. The molecule has 1 fully saturated rings. The van der Waals surface area contributed by atoms with Crippen molar-refractivity contribution in [1.82, 2.24) is 0 Å². The summed E-state index contributed by atoms with van der Waals surface area (Å²) in [5.74, 6) is 0.887. The van der Waals surface area contributed by atoms with Gasteiger partial charge in [0.25, 0.3) is 0 Å². The standard InChI is InChI=1S/C21H26N2O3/c1-17(24)18-7-9-19(10-8-18)23-13-11-22(12-14-23)15-20(25)16-26-21-5-3-2-4-6-21/h2-10,20,25H,11-16H2,1H3/p+1/t20-/m0/s1. The van der Waals surface area contributed by atoms with Gasteiger partial charge < -0.3 is 19.6 Å². The van der Waals surface area contributed by atoms with Crippen molar-refractivity contribution in [2.75, 3.05) is 44.2 Å². The summed E-state index contributed by atoms with van der Waals surface area (Å²) >= 11 is 0. The number of Topliss-reactive ketones (excluding diaryl/α,β-unsaturated/α-hetero) is 1. The second-order valence-electron chi connectivity index (χ2n) is 6.82. The maximum absolute atomic E-state index is 11.4. The third-order valence-corrected chi connectivity index (χ3v) is 4.82. The Bertz CT molecular complexity index is 695. The summed E-state index contributed by atoms with van der Waals surface area (Å²) in [5, 5.41) is 10.2. The monoisotopic (exact) mass is 355 g/mol. The zero-order valence-electron chi connectivity index (χ0n) is 15.2. The molecule has 0 aromatic heterocycles. The number of carbonyl (C=O) groups excluding carboxylic acids is 1. The fourth-order valence-corrected chi connectivity index (χ4v) is 3.29. The minimum absolute atomic E-state index is 0.0949. The highest BCUT2D eigenvalue weighted by atomic mass is 16.5. The highest BCUT2D eigenvalue weighted by Gasteiger charge is 2.23. The van der Waals surface area contributed by atoms with Gasteiger partial charge in [-0.15, -0.1) is 0 Å². The van der Waals surface area contributed by atoms with E-state index >= 15 is 0 Å². The first-order valence-electron chi connectivity index (χ1n) is 9.17. The van der Waals surface area contributed by atoms with Crippen molar-refractivity contribution in [3.63, 3.8) is 0 Å². The third kappa shape index (κ3) is 5.07. The Kier molecular flexibility index (Phi) is 6.26. The Labute approximate surface area is 154 Å². The number of anilines is 1. The zero-order valence-corrected chi connectivity index (χ0v) is 15.2. The predicted octanol–water partition coefficient (Wildman–Crippen LogP) is 1.03. The van der Waals surface area contributed by atoms with Gasteiger partial charge in [0.15, 0.2) is 5.78 Å². The van der Waals surface area contributed by atoms with Gasteiger partial charge in [0, 0.05) is 11.3 Å². The van der Waals surface area contributed by atoms with Crippen LogP contribution in [0.25, 0.3) is 0 Å². The topological polar surface area (TPSA) is 54.2 Å². The van der Waals surface area contributed by atoms with Crippen LogP contribution in [0, 0.1) is 0 Å². The van der Waals surface area contributed by atoms with Gasteiger partial charge in [-0.3, -0.25) is 4.79 Å². The number of aliphatic hydroxyl groups is 1. The highest BCUT2D eigenvalue weighted by Crippen LogP contribution is 2.15. The van der Waals surface area contributed by atoms with Crippen LogP contribution in [0.15, 0.2) is 54.6 Å². The van der Waals surface area contributed by atoms with Crippen LogP contribution in [0.1, 0.15) is 17.3 Å². The van der Waals surface area contributed by atoms with E-state index in [0.29, 0.717) is 13.2 Å². The lowest BCUT2D eigenvalue weighted by atomic mass is 10.1. The van der Waals surface area contributed by atoms with E-state index in [1.807, 2.05) is 54.6 Å². The number of quaternary nitrogens is 1. The molecule has 0 unspecified atom stereocenters. The summed E-state index contributed by atoms with van der Waals surface area (Å²) in [6.07, 6.45) is -0.466. The largest absolute Gasteiger partial charge is 0.491 e. The number of nitrogens with zero attached hydrogens (tertiary/aromatic N) is 1. The van der Waals surface area contributed by atoms with Crippen LogP contribution in [0.3, 0.4) is 0 Å². The summed E-state index contributed by atoms with van der Waals surface area (Å²) in [5.41, 5.74) is 1.90. The molecule has 0 aliphatic carbocycles. The van der Waals surface area contributed by atoms with Gasteiger partial charge >= 0.3 is 0 Å². The molecule has 138 valence electrons. The van der Waals surface area contributed by atoms with Gasteiger partial charge in [0.2, 0.25) is 0 Å². The SMILES string of the molecule is CC(=O)c1ccc(N2CC[NH+](C[C@H](O)COc3ccccc3)CC2)cc1. The number of piperazine rings is 1. The van der Waals surface area contributed by atoms with Crippen molar-refractivity contribution in [1.29, 1.82) is 0 Å². The predicted molar refractivity (Wildman–Crippen MR) is 102 cm³/mol. The van der Waals surface area contributed by atoms with E-state index in [0.717, 1.165) is 43.2 Å². The summed E-state index contributed by atoms with van der Waals surface area (Å²) in [4.78, 5) is 15.1. The summed E-state index contributed by atoms with van der Waals surface area (Å²) < 4.78 is 5.63. The molecule has 0 spiro atoms. The molecule has 1 aliphatic heterocycles. The van der Waals surface area contributed by atoms with Crippen molar-refractivity contribution < 1.29 is 19.5 Å². The first-order chi connectivity index (χ1) is 12.6. The Morgan fingerprint density at radius 3 is 2.38 bits per heavy atom. The van der Waals surface area contributed by atoms with Crippen LogP contribution in [0.4, 0.5) is 5.69 Å². The van der Waals surface area contributed by atoms with E-state index < -0.39 is 6.10 Å². The second kappa shape index (κ2) is 8.83. The number of benzene rings is 2. The zero-order chi connectivity index (χ0) is 18.4. The van der Waals surface area contributed by atoms with Crippen LogP contribution in [0.2, 0.25) is 0 Å². The molecule has 2 aromatic carbocycles. The van der Waals surface area contributed by atoms with E-state index in [9.17, 15) is 9.90 Å². The van der Waals surface area contributed by atoms with E-state index in [1.165, 1.54) is 4.90 Å². The fourth-order valence-electron chi connectivity index (χ4n) is 3.29. The van der Waals surface area contributed by atoms with Gasteiger partial charge in [0.05, 0.1) is 26.2 Å². The summed E-state index contributed by atoms with van der Waals surface area (Å²) in [6, 6.07) is 17.4. The molecule has 1 aliphatic rings. The van der Waals surface area contributed by atoms with Crippen LogP contribution < -0.4 is 14.5 Å². The van der Waals surface area contributed by atoms with Gasteiger partial charge in [-0.05, 0) is 43.3 Å². The lowest BCUT2D eigenvalue weighted by molar-refractivity contribution is -0.903. The van der Waals surface area contributed by atoms with Crippen LogP contribution in [0.5, 0.6) is 5.75 Å². The first-order valence-corrected chi connectivity index (χ1v) is 9.17.